The third-order valence-electron chi connectivity index (χ3n) is 1.67. The molecule has 0 aromatic heterocycles. The van der Waals surface area contributed by atoms with Crippen LogP contribution in [0.1, 0.15) is 5.56 Å². The van der Waals surface area contributed by atoms with Crippen molar-refractivity contribution in [2.24, 2.45) is 0 Å². The molecule has 0 atom stereocenters. The molecule has 0 amide bonds. The number of benzene rings is 1. The van der Waals surface area contributed by atoms with Crippen molar-refractivity contribution < 1.29 is 9.84 Å². The van der Waals surface area contributed by atoms with E-state index in [1.807, 2.05) is 0 Å². The second-order valence-corrected chi connectivity index (χ2v) is 3.84. The maximum Gasteiger partial charge on any atom is 0.136 e. The average Bonchev–Trinajstić information content (AvgIpc) is 2.04. The van der Waals surface area contributed by atoms with Gasteiger partial charge in [-0.3, -0.25) is 0 Å². The van der Waals surface area contributed by atoms with Crippen molar-refractivity contribution in [1.29, 1.82) is 0 Å². The largest absolute Gasteiger partial charge is 0.495 e. The first kappa shape index (κ1) is 10.8. The van der Waals surface area contributed by atoms with Crippen LogP contribution < -0.4 is 4.74 Å². The number of aliphatic hydroxyl groups excluding tert-OH is 1. The van der Waals surface area contributed by atoms with Gasteiger partial charge in [0.15, 0.2) is 0 Å². The lowest BCUT2D eigenvalue weighted by Crippen LogP contribution is -1.96. The van der Waals surface area contributed by atoms with Crippen molar-refractivity contribution in [1.82, 2.24) is 0 Å². The highest BCUT2D eigenvalue weighted by Gasteiger charge is 2.08. The summed E-state index contributed by atoms with van der Waals surface area (Å²) in [5.74, 6) is 0.735. The Hall–Kier alpha value is -0.250. The van der Waals surface area contributed by atoms with E-state index >= 15 is 0 Å². The van der Waals surface area contributed by atoms with Gasteiger partial charge in [-0.15, -0.1) is 0 Å². The van der Waals surface area contributed by atoms with Crippen molar-refractivity contribution in [3.05, 3.63) is 27.2 Å². The molecule has 1 rings (SSSR count). The quantitative estimate of drug-likeness (QED) is 0.910. The van der Waals surface area contributed by atoms with E-state index in [0.29, 0.717) is 11.4 Å². The molecule has 0 bridgehead atoms. The van der Waals surface area contributed by atoms with Gasteiger partial charge in [0.05, 0.1) is 11.6 Å². The van der Waals surface area contributed by atoms with Gasteiger partial charge in [0.1, 0.15) is 5.75 Å². The number of methoxy groups -OCH3 is 1. The lowest BCUT2D eigenvalue weighted by atomic mass is 10.1. The Kier molecular flexibility index (Phi) is 4.03. The van der Waals surface area contributed by atoms with E-state index in [0.717, 1.165) is 15.8 Å². The minimum Gasteiger partial charge on any atom is -0.495 e. The summed E-state index contributed by atoms with van der Waals surface area (Å²) >= 11 is 9.18. The third-order valence-corrected chi connectivity index (χ3v) is 2.48. The molecule has 0 unspecified atom stereocenters. The van der Waals surface area contributed by atoms with Crippen LogP contribution in [0.3, 0.4) is 0 Å². The van der Waals surface area contributed by atoms with E-state index in [9.17, 15) is 0 Å². The summed E-state index contributed by atoms with van der Waals surface area (Å²) in [6.45, 7) is 0.0865. The van der Waals surface area contributed by atoms with E-state index < -0.39 is 0 Å². The molecule has 0 spiro atoms. The highest BCUT2D eigenvalue weighted by Crippen LogP contribution is 2.32. The summed E-state index contributed by atoms with van der Waals surface area (Å²) < 4.78 is 5.98. The maximum atomic E-state index is 8.81. The molecule has 13 heavy (non-hydrogen) atoms. The van der Waals surface area contributed by atoms with Crippen LogP contribution in [-0.2, 0) is 6.42 Å². The lowest BCUT2D eigenvalue weighted by Gasteiger charge is -2.09. The number of hydrogen-bond donors (Lipinski definition) is 1. The maximum absolute atomic E-state index is 8.81. The first-order chi connectivity index (χ1) is 6.19. The van der Waals surface area contributed by atoms with Gasteiger partial charge in [0, 0.05) is 11.6 Å². The summed E-state index contributed by atoms with van der Waals surface area (Å²) in [7, 11) is 1.59. The van der Waals surface area contributed by atoms with Crippen LogP contribution in [0.5, 0.6) is 5.75 Å². The van der Waals surface area contributed by atoms with E-state index in [1.54, 1.807) is 19.2 Å². The van der Waals surface area contributed by atoms with Gasteiger partial charge in [-0.25, -0.2) is 0 Å². The number of aliphatic hydroxyl groups is 1. The molecule has 0 heterocycles. The lowest BCUT2D eigenvalue weighted by molar-refractivity contribution is 0.296. The van der Waals surface area contributed by atoms with Gasteiger partial charge in [0.25, 0.3) is 0 Å². The van der Waals surface area contributed by atoms with Crippen LogP contribution in [0.4, 0.5) is 0 Å². The molecular weight excluding hydrogens is 255 g/mol. The van der Waals surface area contributed by atoms with Crippen LogP contribution in [0, 0.1) is 0 Å². The Balaban J connectivity index is 3.13. The smallest absolute Gasteiger partial charge is 0.136 e. The zero-order valence-electron chi connectivity index (χ0n) is 7.18. The van der Waals surface area contributed by atoms with Gasteiger partial charge in [-0.05, 0) is 40.0 Å². The number of rotatable bonds is 3. The number of ether oxygens (including phenoxy) is 1. The van der Waals surface area contributed by atoms with Crippen molar-refractivity contribution in [3.63, 3.8) is 0 Å². The second-order valence-electron chi connectivity index (χ2n) is 2.55. The van der Waals surface area contributed by atoms with Crippen molar-refractivity contribution in [2.75, 3.05) is 13.7 Å². The van der Waals surface area contributed by atoms with Crippen LogP contribution >= 0.6 is 27.5 Å². The van der Waals surface area contributed by atoms with Crippen LogP contribution in [-0.4, -0.2) is 18.8 Å². The summed E-state index contributed by atoms with van der Waals surface area (Å²) in [5, 5.41) is 9.44. The van der Waals surface area contributed by atoms with Crippen LogP contribution in [0.25, 0.3) is 0 Å². The van der Waals surface area contributed by atoms with Gasteiger partial charge in [-0.1, -0.05) is 11.6 Å². The van der Waals surface area contributed by atoms with Gasteiger partial charge in [0.2, 0.25) is 0 Å². The summed E-state index contributed by atoms with van der Waals surface area (Å²) in [6.07, 6.45) is 0.544. The van der Waals surface area contributed by atoms with E-state index in [2.05, 4.69) is 15.9 Å². The molecule has 72 valence electrons. The van der Waals surface area contributed by atoms with Gasteiger partial charge >= 0.3 is 0 Å². The van der Waals surface area contributed by atoms with E-state index in [1.165, 1.54) is 0 Å². The molecule has 0 fully saturated rings. The fourth-order valence-electron chi connectivity index (χ4n) is 1.15. The summed E-state index contributed by atoms with van der Waals surface area (Å²) in [5.41, 5.74) is 0.907. The molecule has 0 aliphatic rings. The van der Waals surface area contributed by atoms with Crippen molar-refractivity contribution in [2.45, 2.75) is 6.42 Å². The molecule has 0 aliphatic carbocycles. The number of hydrogen-bond acceptors (Lipinski definition) is 2. The van der Waals surface area contributed by atoms with Crippen molar-refractivity contribution in [3.8, 4) is 5.75 Å². The summed E-state index contributed by atoms with van der Waals surface area (Å²) in [6, 6.07) is 3.56. The molecular formula is C9H10BrClO2. The Morgan fingerprint density at radius 2 is 2.23 bits per heavy atom. The minimum absolute atomic E-state index is 0.0865. The van der Waals surface area contributed by atoms with E-state index in [-0.39, 0.29) is 6.61 Å². The molecule has 4 heteroatoms. The second kappa shape index (κ2) is 4.84. The SMILES string of the molecule is COc1c(Br)cc(Cl)cc1CCO. The summed E-state index contributed by atoms with van der Waals surface area (Å²) in [4.78, 5) is 0. The van der Waals surface area contributed by atoms with Gasteiger partial charge < -0.3 is 9.84 Å². The fourth-order valence-corrected chi connectivity index (χ4v) is 2.18. The highest BCUT2D eigenvalue weighted by atomic mass is 79.9. The first-order valence-electron chi connectivity index (χ1n) is 3.81. The number of halogens is 2. The van der Waals surface area contributed by atoms with Crippen LogP contribution in [0.2, 0.25) is 5.02 Å². The average molecular weight is 266 g/mol. The molecule has 1 aromatic carbocycles. The standard InChI is InChI=1S/C9H10BrClO2/c1-13-9-6(2-3-12)4-7(11)5-8(9)10/h4-5,12H,2-3H2,1H3. The molecule has 0 saturated carbocycles. The molecule has 1 N–H and O–H groups in total. The zero-order valence-corrected chi connectivity index (χ0v) is 9.52. The Labute approximate surface area is 90.6 Å². The Morgan fingerprint density at radius 1 is 1.54 bits per heavy atom. The highest BCUT2D eigenvalue weighted by molar-refractivity contribution is 9.10. The Morgan fingerprint density at radius 3 is 2.77 bits per heavy atom. The third kappa shape index (κ3) is 2.59. The predicted molar refractivity (Wildman–Crippen MR) is 56.5 cm³/mol. The minimum atomic E-state index is 0.0865. The molecule has 1 aromatic rings. The van der Waals surface area contributed by atoms with Crippen LogP contribution in [0.15, 0.2) is 16.6 Å². The van der Waals surface area contributed by atoms with Crippen molar-refractivity contribution >= 4 is 27.5 Å². The molecule has 0 saturated heterocycles. The predicted octanol–water partition coefficient (Wildman–Crippen LogP) is 2.65. The Bertz CT molecular complexity index is 302. The zero-order chi connectivity index (χ0) is 9.84. The molecule has 2 nitrogen and oxygen atoms in total. The first-order valence-corrected chi connectivity index (χ1v) is 4.99. The monoisotopic (exact) mass is 264 g/mol. The van der Waals surface area contributed by atoms with Gasteiger partial charge in [-0.2, -0.15) is 0 Å². The topological polar surface area (TPSA) is 29.5 Å². The fraction of sp³-hybridized carbons (Fsp3) is 0.333. The molecule has 0 aliphatic heterocycles. The molecule has 0 radical (unpaired) electrons. The van der Waals surface area contributed by atoms with E-state index in [4.69, 9.17) is 21.4 Å². The normalized spacial score (nSPS) is 10.2.